The largest absolute Gasteiger partial charge is 0.462 e. The quantitative estimate of drug-likeness (QED) is 0.328. The van der Waals surface area contributed by atoms with Crippen molar-refractivity contribution in [1.29, 1.82) is 0 Å². The van der Waals surface area contributed by atoms with Crippen LogP contribution in [0.2, 0.25) is 0 Å². The van der Waals surface area contributed by atoms with Gasteiger partial charge in [0.15, 0.2) is 0 Å². The van der Waals surface area contributed by atoms with E-state index in [0.29, 0.717) is 18.1 Å². The van der Waals surface area contributed by atoms with E-state index in [4.69, 9.17) is 4.74 Å². The summed E-state index contributed by atoms with van der Waals surface area (Å²) in [5.41, 5.74) is 3.84. The second-order valence-electron chi connectivity index (χ2n) is 10.2. The van der Waals surface area contributed by atoms with Crippen LogP contribution in [0.4, 0.5) is 11.6 Å². The number of aryl methyl sites for hydroxylation is 1. The Morgan fingerprint density at radius 1 is 1.08 bits per heavy atom. The highest BCUT2D eigenvalue weighted by Crippen LogP contribution is 2.52. The Morgan fingerprint density at radius 2 is 1.86 bits per heavy atom. The Hall–Kier alpha value is -4.07. The molecule has 0 unspecified atom stereocenters. The van der Waals surface area contributed by atoms with Gasteiger partial charge in [-0.2, -0.15) is 0 Å². The van der Waals surface area contributed by atoms with Crippen LogP contribution in [0.5, 0.6) is 0 Å². The molecule has 3 saturated carbocycles. The molecule has 2 bridgehead atoms. The maximum Gasteiger partial charge on any atom is 0.330 e. The number of amides is 1. The van der Waals surface area contributed by atoms with Gasteiger partial charge < -0.3 is 15.4 Å². The van der Waals surface area contributed by atoms with E-state index in [2.05, 4.69) is 32.2 Å². The minimum atomic E-state index is -0.372. The molecule has 0 radical (unpaired) electrons. The molecular weight excluding hydrogens is 466 g/mol. The molecule has 0 aliphatic heterocycles. The summed E-state index contributed by atoms with van der Waals surface area (Å²) in [7, 11) is 0. The number of ether oxygens (including phenoxy) is 1. The molecule has 37 heavy (non-hydrogen) atoms. The Bertz CT molecular complexity index is 1300. The number of benzene rings is 1. The molecule has 0 saturated heterocycles. The topological polar surface area (TPSA) is 106 Å². The molecule has 0 atom stereocenters. The van der Waals surface area contributed by atoms with Crippen molar-refractivity contribution in [1.82, 2.24) is 20.3 Å². The van der Waals surface area contributed by atoms with Crippen molar-refractivity contribution in [3.8, 4) is 11.3 Å². The van der Waals surface area contributed by atoms with Crippen molar-refractivity contribution >= 4 is 23.5 Å². The van der Waals surface area contributed by atoms with Gasteiger partial charge in [-0.1, -0.05) is 12.6 Å². The van der Waals surface area contributed by atoms with Crippen molar-refractivity contribution in [3.63, 3.8) is 0 Å². The zero-order valence-electron chi connectivity index (χ0n) is 21.0. The van der Waals surface area contributed by atoms with E-state index >= 15 is 0 Å². The lowest BCUT2D eigenvalue weighted by Crippen LogP contribution is -2.57. The van der Waals surface area contributed by atoms with E-state index in [-0.39, 0.29) is 22.8 Å². The zero-order chi connectivity index (χ0) is 25.9. The molecule has 8 nitrogen and oxygen atoms in total. The lowest BCUT2D eigenvalue weighted by molar-refractivity contribution is -0.144. The van der Waals surface area contributed by atoms with Crippen LogP contribution in [0, 0.1) is 12.3 Å². The van der Waals surface area contributed by atoms with Crippen LogP contribution in [0.3, 0.4) is 0 Å². The predicted octanol–water partition coefficient (Wildman–Crippen LogP) is 5.14. The van der Waals surface area contributed by atoms with Crippen LogP contribution in [-0.4, -0.2) is 39.0 Å². The van der Waals surface area contributed by atoms with Gasteiger partial charge in [0, 0.05) is 52.4 Å². The lowest BCUT2D eigenvalue weighted by Gasteiger charge is -2.53. The van der Waals surface area contributed by atoms with Crippen molar-refractivity contribution in [2.75, 3.05) is 11.9 Å². The first-order chi connectivity index (χ1) is 17.9. The molecule has 3 aliphatic rings. The van der Waals surface area contributed by atoms with Gasteiger partial charge in [0.1, 0.15) is 0 Å². The number of carbonyl (C=O) groups excluding carboxylic acids is 2. The summed E-state index contributed by atoms with van der Waals surface area (Å²) in [6.45, 7) is 5.88. The molecule has 3 aliphatic carbocycles. The summed E-state index contributed by atoms with van der Waals surface area (Å²) >= 11 is 0. The molecule has 1 amide bonds. The van der Waals surface area contributed by atoms with Crippen LogP contribution in [0.15, 0.2) is 67.6 Å². The van der Waals surface area contributed by atoms with Crippen LogP contribution < -0.4 is 10.6 Å². The molecule has 3 fully saturated rings. The first-order valence-corrected chi connectivity index (χ1v) is 12.6. The van der Waals surface area contributed by atoms with Crippen molar-refractivity contribution in [2.45, 2.75) is 51.0 Å². The van der Waals surface area contributed by atoms with Gasteiger partial charge in [-0.25, -0.2) is 14.8 Å². The number of nitrogens with one attached hydrogen (secondary N) is 2. The Labute approximate surface area is 216 Å². The second kappa shape index (κ2) is 10.1. The second-order valence-corrected chi connectivity index (χ2v) is 10.2. The van der Waals surface area contributed by atoms with Gasteiger partial charge >= 0.3 is 5.97 Å². The Kier molecular flexibility index (Phi) is 6.74. The third-order valence-electron chi connectivity index (χ3n) is 7.83. The first-order valence-electron chi connectivity index (χ1n) is 12.6. The molecule has 2 heterocycles. The number of rotatable bonds is 8. The minimum Gasteiger partial charge on any atom is -0.462 e. The fourth-order valence-corrected chi connectivity index (χ4v) is 5.38. The molecule has 6 rings (SSSR count). The molecule has 190 valence electrons. The molecule has 0 spiro atoms. The average Bonchev–Trinajstić information content (AvgIpc) is 2.94. The highest BCUT2D eigenvalue weighted by Gasteiger charge is 2.49. The molecule has 2 N–H and O–H groups in total. The lowest BCUT2D eigenvalue weighted by atomic mass is 9.57. The summed E-state index contributed by atoms with van der Waals surface area (Å²) in [6.07, 6.45) is 11.9. The average molecular weight is 498 g/mol. The number of fused-ring (bicyclic) bond motifs is 3. The van der Waals surface area contributed by atoms with Crippen LogP contribution in [0.25, 0.3) is 11.3 Å². The van der Waals surface area contributed by atoms with E-state index in [1.807, 2.05) is 43.3 Å². The van der Waals surface area contributed by atoms with Gasteiger partial charge in [0.25, 0.3) is 5.91 Å². The Balaban J connectivity index is 1.26. The fourth-order valence-electron chi connectivity index (χ4n) is 5.38. The van der Waals surface area contributed by atoms with Crippen LogP contribution in [-0.2, 0) is 9.53 Å². The molecule has 2 aromatic heterocycles. The summed E-state index contributed by atoms with van der Waals surface area (Å²) in [6, 6.07) is 11.3. The van der Waals surface area contributed by atoms with E-state index in [9.17, 15) is 9.59 Å². The zero-order valence-corrected chi connectivity index (χ0v) is 21.0. The number of pyridine rings is 1. The fraction of sp³-hybridized carbons (Fsp3) is 0.345. The van der Waals surface area contributed by atoms with Crippen molar-refractivity contribution in [2.24, 2.45) is 5.41 Å². The van der Waals surface area contributed by atoms with E-state index in [1.54, 1.807) is 18.6 Å². The first kappa shape index (κ1) is 24.6. The van der Waals surface area contributed by atoms with E-state index in [0.717, 1.165) is 61.0 Å². The number of anilines is 2. The van der Waals surface area contributed by atoms with Crippen LogP contribution >= 0.6 is 0 Å². The van der Waals surface area contributed by atoms with Gasteiger partial charge in [0.2, 0.25) is 5.95 Å². The van der Waals surface area contributed by atoms with E-state index < -0.39 is 0 Å². The molecular formula is C29H31N5O3. The number of hydrogen-bond acceptors (Lipinski definition) is 7. The molecule has 8 heteroatoms. The third kappa shape index (κ3) is 5.38. The van der Waals surface area contributed by atoms with Gasteiger partial charge in [-0.15, -0.1) is 0 Å². The number of esters is 1. The maximum atomic E-state index is 13.3. The predicted molar refractivity (Wildman–Crippen MR) is 141 cm³/mol. The Morgan fingerprint density at radius 3 is 2.57 bits per heavy atom. The summed E-state index contributed by atoms with van der Waals surface area (Å²) in [5, 5.41) is 6.62. The van der Waals surface area contributed by atoms with E-state index in [1.165, 1.54) is 6.08 Å². The van der Waals surface area contributed by atoms with Gasteiger partial charge in [-0.3, -0.25) is 9.78 Å². The van der Waals surface area contributed by atoms with Crippen molar-refractivity contribution < 1.29 is 14.3 Å². The van der Waals surface area contributed by atoms with Crippen molar-refractivity contribution in [3.05, 3.63) is 78.8 Å². The highest BCUT2D eigenvalue weighted by molar-refractivity contribution is 5.96. The minimum absolute atomic E-state index is 0.0243. The normalized spacial score (nSPS) is 22.2. The number of nitrogens with zero attached hydrogens (tertiary/aromatic N) is 3. The third-order valence-corrected chi connectivity index (χ3v) is 7.83. The number of hydrogen-bond donors (Lipinski definition) is 2. The molecule has 3 aromatic rings. The summed E-state index contributed by atoms with van der Waals surface area (Å²) < 4.78 is 5.37. The number of aromatic nitrogens is 3. The van der Waals surface area contributed by atoms with Gasteiger partial charge in [-0.05, 0) is 81.3 Å². The summed E-state index contributed by atoms with van der Waals surface area (Å²) in [4.78, 5) is 38.0. The number of carbonyl (C=O) groups is 2. The standard InChI is InChI=1S/C29H31N5O3/c1-3-25(35)37-19-28-9-12-29(13-10-28,14-11-28)34-26(36)21-7-6-20(2)24(17-21)33-27-31-16-8-23(32-27)22-5-4-15-30-18-22/h3-8,15-18H,1,9-14,19H2,2H3,(H,34,36)(H,31,32,33). The maximum absolute atomic E-state index is 13.3. The monoisotopic (exact) mass is 497 g/mol. The summed E-state index contributed by atoms with van der Waals surface area (Å²) in [5.74, 6) is -0.00250. The van der Waals surface area contributed by atoms with Crippen LogP contribution in [0.1, 0.15) is 54.4 Å². The molecule has 1 aromatic carbocycles. The highest BCUT2D eigenvalue weighted by atomic mass is 16.5. The SMILES string of the molecule is C=CC(=O)OCC12CCC(NC(=O)c3ccc(C)c(Nc4nccc(-c5cccnc5)n4)c3)(CC1)CC2. The smallest absolute Gasteiger partial charge is 0.330 e. The van der Waals surface area contributed by atoms with Gasteiger partial charge in [0.05, 0.1) is 12.3 Å².